The van der Waals surface area contributed by atoms with E-state index in [1.807, 2.05) is 0 Å². The molecule has 72 valence electrons. The van der Waals surface area contributed by atoms with Crippen LogP contribution in [0.1, 0.15) is 44.9 Å². The van der Waals surface area contributed by atoms with Crippen molar-refractivity contribution in [3.8, 4) is 0 Å². The molecule has 0 heterocycles. The molecule has 2 fully saturated rings. The third-order valence-electron chi connectivity index (χ3n) is 3.41. The minimum absolute atomic E-state index is 0.209. The summed E-state index contributed by atoms with van der Waals surface area (Å²) in [7, 11) is 0. The molecule has 0 saturated heterocycles. The fourth-order valence-corrected chi connectivity index (χ4v) is 2.26. The minimum Gasteiger partial charge on any atom is -0.299 e. The average molecular weight is 180 g/mol. The molecule has 2 aliphatic carbocycles. The molecule has 0 amide bonds. The predicted octanol–water partition coefficient (Wildman–Crippen LogP) is 2.11. The molecule has 2 nitrogen and oxygen atoms in total. The number of hydrogen-bond acceptors (Lipinski definition) is 2. The van der Waals surface area contributed by atoms with Crippen LogP contribution in [-0.2, 0) is 9.59 Å². The van der Waals surface area contributed by atoms with Crippen molar-refractivity contribution in [2.24, 2.45) is 11.8 Å². The maximum Gasteiger partial charge on any atom is 0.146 e. The fourth-order valence-electron chi connectivity index (χ4n) is 2.26. The van der Waals surface area contributed by atoms with Crippen LogP contribution in [0, 0.1) is 11.8 Å². The standard InChI is InChI=1S/C11H16O2/c12-10-7-2-1-6-9(10)11(13)8-4-3-5-8/h8-9H,1-7H2. The van der Waals surface area contributed by atoms with E-state index >= 15 is 0 Å². The second kappa shape index (κ2) is 3.60. The highest BCUT2D eigenvalue weighted by Gasteiger charge is 2.35. The number of rotatable bonds is 2. The first-order valence-electron chi connectivity index (χ1n) is 5.35. The van der Waals surface area contributed by atoms with Gasteiger partial charge in [0.1, 0.15) is 11.6 Å². The molecule has 1 unspecified atom stereocenters. The third-order valence-corrected chi connectivity index (χ3v) is 3.41. The van der Waals surface area contributed by atoms with E-state index in [2.05, 4.69) is 0 Å². The number of ketones is 2. The Morgan fingerprint density at radius 3 is 2.38 bits per heavy atom. The van der Waals surface area contributed by atoms with Crippen LogP contribution in [-0.4, -0.2) is 11.6 Å². The number of Topliss-reactive ketones (excluding diaryl/α,β-unsaturated/α-hetero) is 2. The summed E-state index contributed by atoms with van der Waals surface area (Å²) in [4.78, 5) is 23.2. The van der Waals surface area contributed by atoms with Gasteiger partial charge in [0.25, 0.3) is 0 Å². The first-order chi connectivity index (χ1) is 6.29. The van der Waals surface area contributed by atoms with Crippen molar-refractivity contribution < 1.29 is 9.59 Å². The van der Waals surface area contributed by atoms with E-state index in [1.165, 1.54) is 6.42 Å². The SMILES string of the molecule is O=C1CCCCC1C(=O)C1CCC1. The molecule has 0 N–H and O–H groups in total. The average Bonchev–Trinajstić information content (AvgIpc) is 2.01. The van der Waals surface area contributed by atoms with Crippen molar-refractivity contribution in [3.05, 3.63) is 0 Å². The third kappa shape index (κ3) is 1.67. The Morgan fingerprint density at radius 2 is 1.85 bits per heavy atom. The first kappa shape index (κ1) is 8.92. The maximum absolute atomic E-state index is 11.8. The van der Waals surface area contributed by atoms with Crippen LogP contribution < -0.4 is 0 Å². The molecule has 1 atom stereocenters. The lowest BCUT2D eigenvalue weighted by molar-refractivity contribution is -0.138. The molecule has 0 aromatic rings. The van der Waals surface area contributed by atoms with Crippen LogP contribution in [0.2, 0.25) is 0 Å². The molecule has 2 rings (SSSR count). The van der Waals surface area contributed by atoms with Gasteiger partial charge in [-0.05, 0) is 25.7 Å². The van der Waals surface area contributed by atoms with Crippen molar-refractivity contribution >= 4 is 11.6 Å². The van der Waals surface area contributed by atoms with Gasteiger partial charge in [-0.3, -0.25) is 9.59 Å². The molecule has 2 aliphatic rings. The molecular weight excluding hydrogens is 164 g/mol. The minimum atomic E-state index is -0.209. The lowest BCUT2D eigenvalue weighted by atomic mass is 9.73. The van der Waals surface area contributed by atoms with Gasteiger partial charge in [0.15, 0.2) is 0 Å². The van der Waals surface area contributed by atoms with E-state index in [4.69, 9.17) is 0 Å². The Morgan fingerprint density at radius 1 is 1.08 bits per heavy atom. The monoisotopic (exact) mass is 180 g/mol. The second-order valence-electron chi connectivity index (χ2n) is 4.29. The summed E-state index contributed by atoms with van der Waals surface area (Å²) < 4.78 is 0. The van der Waals surface area contributed by atoms with Crippen molar-refractivity contribution in [3.63, 3.8) is 0 Å². The summed E-state index contributed by atoms with van der Waals surface area (Å²) in [6, 6.07) is 0. The van der Waals surface area contributed by atoms with E-state index in [1.54, 1.807) is 0 Å². The Bertz CT molecular complexity index is 228. The van der Waals surface area contributed by atoms with Crippen LogP contribution in [0.25, 0.3) is 0 Å². The van der Waals surface area contributed by atoms with Gasteiger partial charge >= 0.3 is 0 Å². The van der Waals surface area contributed by atoms with E-state index in [0.717, 1.165) is 32.1 Å². The zero-order valence-electron chi connectivity index (χ0n) is 7.92. The van der Waals surface area contributed by atoms with Gasteiger partial charge in [-0.15, -0.1) is 0 Å². The molecule has 0 aliphatic heterocycles. The Kier molecular flexibility index (Phi) is 2.47. The van der Waals surface area contributed by atoms with E-state index in [0.29, 0.717) is 6.42 Å². The first-order valence-corrected chi connectivity index (χ1v) is 5.35. The number of carbonyl (C=O) groups excluding carboxylic acids is 2. The summed E-state index contributed by atoms with van der Waals surface area (Å²) in [5, 5.41) is 0. The van der Waals surface area contributed by atoms with Gasteiger partial charge in [-0.25, -0.2) is 0 Å². The van der Waals surface area contributed by atoms with Crippen molar-refractivity contribution in [2.75, 3.05) is 0 Å². The molecule has 0 bridgehead atoms. The van der Waals surface area contributed by atoms with E-state index in [9.17, 15) is 9.59 Å². The molecule has 0 radical (unpaired) electrons. The zero-order valence-corrected chi connectivity index (χ0v) is 7.92. The lowest BCUT2D eigenvalue weighted by Gasteiger charge is -2.29. The van der Waals surface area contributed by atoms with Gasteiger partial charge in [0.05, 0.1) is 5.92 Å². The molecule has 0 spiro atoms. The highest BCUT2D eigenvalue weighted by Crippen LogP contribution is 2.33. The quantitative estimate of drug-likeness (QED) is 0.610. The number of hydrogen-bond donors (Lipinski definition) is 0. The van der Waals surface area contributed by atoms with Gasteiger partial charge in [0.2, 0.25) is 0 Å². The van der Waals surface area contributed by atoms with Gasteiger partial charge in [0, 0.05) is 12.3 Å². The fraction of sp³-hybridized carbons (Fsp3) is 0.818. The Hall–Kier alpha value is -0.660. The molecular formula is C11H16O2. The predicted molar refractivity (Wildman–Crippen MR) is 49.3 cm³/mol. The second-order valence-corrected chi connectivity index (χ2v) is 4.29. The maximum atomic E-state index is 11.8. The van der Waals surface area contributed by atoms with E-state index in [-0.39, 0.29) is 23.4 Å². The smallest absolute Gasteiger partial charge is 0.146 e. The highest BCUT2D eigenvalue weighted by atomic mass is 16.2. The zero-order chi connectivity index (χ0) is 9.26. The molecule has 2 saturated carbocycles. The van der Waals surface area contributed by atoms with Gasteiger partial charge in [-0.2, -0.15) is 0 Å². The summed E-state index contributed by atoms with van der Waals surface area (Å²) in [5.41, 5.74) is 0. The lowest BCUT2D eigenvalue weighted by Crippen LogP contribution is -2.34. The summed E-state index contributed by atoms with van der Waals surface area (Å²) in [5.74, 6) is 0.505. The summed E-state index contributed by atoms with van der Waals surface area (Å²) in [6.45, 7) is 0. The van der Waals surface area contributed by atoms with Crippen molar-refractivity contribution in [2.45, 2.75) is 44.9 Å². The Labute approximate surface area is 78.7 Å². The van der Waals surface area contributed by atoms with Gasteiger partial charge in [-0.1, -0.05) is 12.8 Å². The van der Waals surface area contributed by atoms with E-state index < -0.39 is 0 Å². The van der Waals surface area contributed by atoms with Crippen LogP contribution in [0.15, 0.2) is 0 Å². The normalized spacial score (nSPS) is 29.8. The molecule has 0 aromatic carbocycles. The molecule has 0 aromatic heterocycles. The molecule has 13 heavy (non-hydrogen) atoms. The largest absolute Gasteiger partial charge is 0.299 e. The topological polar surface area (TPSA) is 34.1 Å². The van der Waals surface area contributed by atoms with Crippen LogP contribution in [0.4, 0.5) is 0 Å². The molecule has 2 heteroatoms. The Balaban J connectivity index is 1.97. The summed E-state index contributed by atoms with van der Waals surface area (Å²) >= 11 is 0. The van der Waals surface area contributed by atoms with Crippen molar-refractivity contribution in [1.29, 1.82) is 0 Å². The van der Waals surface area contributed by atoms with Crippen molar-refractivity contribution in [1.82, 2.24) is 0 Å². The van der Waals surface area contributed by atoms with Crippen LogP contribution >= 0.6 is 0 Å². The van der Waals surface area contributed by atoms with Crippen LogP contribution in [0.5, 0.6) is 0 Å². The highest BCUT2D eigenvalue weighted by molar-refractivity contribution is 6.03. The van der Waals surface area contributed by atoms with Gasteiger partial charge < -0.3 is 0 Å². The number of carbonyl (C=O) groups is 2. The summed E-state index contributed by atoms with van der Waals surface area (Å²) in [6.07, 6.45) is 6.77. The van der Waals surface area contributed by atoms with Crippen LogP contribution in [0.3, 0.4) is 0 Å².